The highest BCUT2D eigenvalue weighted by Crippen LogP contribution is 2.25. The number of hydrogen-bond donors (Lipinski definition) is 2. The minimum Gasteiger partial charge on any atom is -0.434 e. The Bertz CT molecular complexity index is 501. The molecule has 0 spiro atoms. The second-order valence-electron chi connectivity index (χ2n) is 4.00. The van der Waals surface area contributed by atoms with Crippen LogP contribution in [0.2, 0.25) is 0 Å². The fourth-order valence-electron chi connectivity index (χ4n) is 1.56. The van der Waals surface area contributed by atoms with Gasteiger partial charge in [-0.25, -0.2) is 4.99 Å². The molecule has 0 saturated heterocycles. The Hall–Kier alpha value is -0.900. The zero-order valence-electron chi connectivity index (χ0n) is 12.1. The van der Waals surface area contributed by atoms with Gasteiger partial charge in [-0.05, 0) is 25.1 Å². The number of guanidine groups is 1. The molecular weight excluding hydrogens is 471 g/mol. The monoisotopic (exact) mass is 489 g/mol. The molecule has 0 bridgehead atoms. The Morgan fingerprint density at radius 1 is 1.45 bits per heavy atom. The number of aliphatic imine (C=N–C) groups is 1. The molecule has 2 N–H and O–H groups in total. The number of rotatable bonds is 7. The van der Waals surface area contributed by atoms with Crippen LogP contribution in [0.15, 0.2) is 40.3 Å². The minimum absolute atomic E-state index is 0. The Balaban J connectivity index is 0.00000441. The Morgan fingerprint density at radius 3 is 2.77 bits per heavy atom. The van der Waals surface area contributed by atoms with E-state index in [9.17, 15) is 8.78 Å². The standard InChI is InChI=1S/C14H18BrF2N3O.HI/c1-3-7-19-14(18-4-2)20-9-10-8-11(15)5-6-12(10)21-13(16)17;/h3,5-6,8,13H,1,4,7,9H2,2H3,(H2,18,19,20);1H. The van der Waals surface area contributed by atoms with Crippen LogP contribution < -0.4 is 15.4 Å². The van der Waals surface area contributed by atoms with Crippen LogP contribution in [-0.4, -0.2) is 25.7 Å². The van der Waals surface area contributed by atoms with Gasteiger partial charge in [-0.3, -0.25) is 0 Å². The molecule has 1 rings (SSSR count). The molecule has 0 amide bonds. The summed E-state index contributed by atoms with van der Waals surface area (Å²) in [5.74, 6) is 0.705. The van der Waals surface area contributed by atoms with E-state index in [1.165, 1.54) is 6.07 Å². The molecule has 0 saturated carbocycles. The zero-order valence-corrected chi connectivity index (χ0v) is 16.0. The van der Waals surface area contributed by atoms with Gasteiger partial charge in [-0.2, -0.15) is 8.78 Å². The summed E-state index contributed by atoms with van der Waals surface area (Å²) in [6.07, 6.45) is 1.71. The zero-order chi connectivity index (χ0) is 15.7. The van der Waals surface area contributed by atoms with Crippen molar-refractivity contribution in [3.05, 3.63) is 40.9 Å². The topological polar surface area (TPSA) is 45.7 Å². The molecule has 0 aromatic heterocycles. The molecular formula is C14H19BrF2IN3O. The molecule has 1 aromatic carbocycles. The van der Waals surface area contributed by atoms with Crippen molar-refractivity contribution in [2.24, 2.45) is 4.99 Å². The van der Waals surface area contributed by atoms with E-state index in [4.69, 9.17) is 0 Å². The predicted octanol–water partition coefficient (Wildman–Crippen LogP) is 3.91. The van der Waals surface area contributed by atoms with Crippen molar-refractivity contribution in [2.45, 2.75) is 20.1 Å². The van der Waals surface area contributed by atoms with Gasteiger partial charge in [0.15, 0.2) is 5.96 Å². The van der Waals surface area contributed by atoms with Gasteiger partial charge >= 0.3 is 6.61 Å². The molecule has 8 heteroatoms. The molecule has 1 aromatic rings. The smallest absolute Gasteiger partial charge is 0.387 e. The van der Waals surface area contributed by atoms with Gasteiger partial charge in [-0.1, -0.05) is 22.0 Å². The Morgan fingerprint density at radius 2 is 2.18 bits per heavy atom. The SMILES string of the molecule is C=CCNC(=NCc1cc(Br)ccc1OC(F)F)NCC.I. The molecule has 0 atom stereocenters. The molecule has 0 aliphatic carbocycles. The van der Waals surface area contributed by atoms with Crippen molar-refractivity contribution in [3.8, 4) is 5.75 Å². The average molecular weight is 490 g/mol. The highest BCUT2D eigenvalue weighted by molar-refractivity contribution is 14.0. The van der Waals surface area contributed by atoms with Crippen molar-refractivity contribution in [1.29, 1.82) is 0 Å². The average Bonchev–Trinajstić information content (AvgIpc) is 2.44. The number of nitrogens with one attached hydrogen (secondary N) is 2. The predicted molar refractivity (Wildman–Crippen MR) is 99.2 cm³/mol. The summed E-state index contributed by atoms with van der Waals surface area (Å²) in [4.78, 5) is 4.33. The normalized spacial score (nSPS) is 10.9. The highest BCUT2D eigenvalue weighted by Gasteiger charge is 2.10. The summed E-state index contributed by atoms with van der Waals surface area (Å²) in [5.41, 5.74) is 0.570. The number of benzene rings is 1. The van der Waals surface area contributed by atoms with E-state index >= 15 is 0 Å². The quantitative estimate of drug-likeness (QED) is 0.264. The number of nitrogens with zero attached hydrogens (tertiary/aromatic N) is 1. The summed E-state index contributed by atoms with van der Waals surface area (Å²) in [5, 5.41) is 6.09. The lowest BCUT2D eigenvalue weighted by atomic mass is 10.2. The maximum atomic E-state index is 12.4. The van der Waals surface area contributed by atoms with Crippen molar-refractivity contribution >= 4 is 45.9 Å². The first-order chi connectivity index (χ1) is 10.1. The molecule has 0 fully saturated rings. The van der Waals surface area contributed by atoms with Gasteiger partial charge in [-0.15, -0.1) is 30.6 Å². The summed E-state index contributed by atoms with van der Waals surface area (Å²) >= 11 is 3.31. The van der Waals surface area contributed by atoms with Crippen LogP contribution in [0.3, 0.4) is 0 Å². The van der Waals surface area contributed by atoms with Gasteiger partial charge in [0.2, 0.25) is 0 Å². The first-order valence-corrected chi connectivity index (χ1v) is 7.22. The molecule has 0 aliphatic rings. The third-order valence-corrected chi connectivity index (χ3v) is 2.90. The van der Waals surface area contributed by atoms with Crippen LogP contribution in [0.5, 0.6) is 5.75 Å². The number of ether oxygens (including phenoxy) is 1. The lowest BCUT2D eigenvalue weighted by Crippen LogP contribution is -2.37. The fourth-order valence-corrected chi connectivity index (χ4v) is 1.97. The van der Waals surface area contributed by atoms with E-state index in [1.807, 2.05) is 6.92 Å². The molecule has 0 heterocycles. The number of alkyl halides is 2. The molecule has 0 unspecified atom stereocenters. The third kappa shape index (κ3) is 7.92. The van der Waals surface area contributed by atoms with E-state index in [2.05, 4.69) is 42.9 Å². The first-order valence-electron chi connectivity index (χ1n) is 6.43. The summed E-state index contributed by atoms with van der Waals surface area (Å²) in [7, 11) is 0. The lowest BCUT2D eigenvalue weighted by Gasteiger charge is -2.12. The van der Waals surface area contributed by atoms with Gasteiger partial charge in [0.1, 0.15) is 5.75 Å². The van der Waals surface area contributed by atoms with Gasteiger partial charge in [0, 0.05) is 23.1 Å². The maximum Gasteiger partial charge on any atom is 0.387 e. The molecule has 0 aliphatic heterocycles. The van der Waals surface area contributed by atoms with Crippen molar-refractivity contribution in [1.82, 2.24) is 10.6 Å². The lowest BCUT2D eigenvalue weighted by molar-refractivity contribution is -0.0504. The fraction of sp³-hybridized carbons (Fsp3) is 0.357. The van der Waals surface area contributed by atoms with Gasteiger partial charge in [0.25, 0.3) is 0 Å². The molecule has 4 nitrogen and oxygen atoms in total. The Labute approximate surface area is 154 Å². The van der Waals surface area contributed by atoms with Crippen LogP contribution in [0.25, 0.3) is 0 Å². The molecule has 124 valence electrons. The van der Waals surface area contributed by atoms with E-state index in [1.54, 1.807) is 18.2 Å². The van der Waals surface area contributed by atoms with Crippen LogP contribution in [0.1, 0.15) is 12.5 Å². The van der Waals surface area contributed by atoms with E-state index in [0.29, 0.717) is 24.6 Å². The van der Waals surface area contributed by atoms with E-state index in [-0.39, 0.29) is 36.3 Å². The third-order valence-electron chi connectivity index (χ3n) is 2.40. The van der Waals surface area contributed by atoms with Gasteiger partial charge < -0.3 is 15.4 Å². The van der Waals surface area contributed by atoms with Crippen LogP contribution in [0, 0.1) is 0 Å². The van der Waals surface area contributed by atoms with Gasteiger partial charge in [0.05, 0.1) is 6.54 Å². The summed E-state index contributed by atoms with van der Waals surface area (Å²) in [6.45, 7) is 4.17. The van der Waals surface area contributed by atoms with Crippen molar-refractivity contribution < 1.29 is 13.5 Å². The molecule has 22 heavy (non-hydrogen) atoms. The minimum atomic E-state index is -2.86. The Kier molecular flexibility index (Phi) is 11.2. The largest absolute Gasteiger partial charge is 0.434 e. The first kappa shape index (κ1) is 21.1. The number of halogens is 4. The van der Waals surface area contributed by atoms with Crippen LogP contribution in [0.4, 0.5) is 8.78 Å². The van der Waals surface area contributed by atoms with Crippen LogP contribution in [-0.2, 0) is 6.54 Å². The van der Waals surface area contributed by atoms with Crippen molar-refractivity contribution in [3.63, 3.8) is 0 Å². The van der Waals surface area contributed by atoms with Crippen molar-refractivity contribution in [2.75, 3.05) is 13.1 Å². The summed E-state index contributed by atoms with van der Waals surface area (Å²) in [6, 6.07) is 4.84. The molecule has 0 radical (unpaired) electrons. The summed E-state index contributed by atoms with van der Waals surface area (Å²) < 4.78 is 30.0. The second-order valence-corrected chi connectivity index (χ2v) is 4.91. The maximum absolute atomic E-state index is 12.4. The van der Waals surface area contributed by atoms with Crippen LogP contribution >= 0.6 is 39.9 Å². The van der Waals surface area contributed by atoms with E-state index in [0.717, 1.165) is 4.47 Å². The highest BCUT2D eigenvalue weighted by atomic mass is 127. The second kappa shape index (κ2) is 11.6. The number of hydrogen-bond acceptors (Lipinski definition) is 2. The van der Waals surface area contributed by atoms with E-state index < -0.39 is 6.61 Å².